The predicted molar refractivity (Wildman–Crippen MR) is 91.7 cm³/mol. The molecule has 1 aliphatic heterocycles. The van der Waals surface area contributed by atoms with E-state index in [0.29, 0.717) is 5.02 Å². The van der Waals surface area contributed by atoms with E-state index in [0.717, 1.165) is 48.3 Å². The van der Waals surface area contributed by atoms with E-state index in [1.54, 1.807) is 0 Å². The Labute approximate surface area is 134 Å². The summed E-state index contributed by atoms with van der Waals surface area (Å²) in [7, 11) is 0. The van der Waals surface area contributed by atoms with E-state index in [1.807, 2.05) is 36.4 Å². The SMILES string of the molecule is Nc1cccc(Cl)c1N1CCN(c2ccccc2Cl)CC1. The van der Waals surface area contributed by atoms with Gasteiger partial charge in [-0.2, -0.15) is 0 Å². The predicted octanol–water partition coefficient (Wildman–Crippen LogP) is 3.90. The molecule has 2 aromatic rings. The molecule has 1 fully saturated rings. The Kier molecular flexibility index (Phi) is 4.13. The molecule has 2 N–H and O–H groups in total. The fourth-order valence-electron chi connectivity index (χ4n) is 2.74. The van der Waals surface area contributed by atoms with Crippen LogP contribution in [0.2, 0.25) is 10.0 Å². The van der Waals surface area contributed by atoms with Crippen molar-refractivity contribution in [2.45, 2.75) is 0 Å². The van der Waals surface area contributed by atoms with E-state index in [1.165, 1.54) is 0 Å². The minimum Gasteiger partial charge on any atom is -0.397 e. The maximum Gasteiger partial charge on any atom is 0.0790 e. The minimum atomic E-state index is 0.709. The molecule has 3 rings (SSSR count). The average molecular weight is 322 g/mol. The highest BCUT2D eigenvalue weighted by molar-refractivity contribution is 6.34. The molecular formula is C16H17Cl2N3. The first kappa shape index (κ1) is 14.4. The van der Waals surface area contributed by atoms with Crippen molar-refractivity contribution >= 4 is 40.3 Å². The highest BCUT2D eigenvalue weighted by Gasteiger charge is 2.21. The van der Waals surface area contributed by atoms with Crippen LogP contribution < -0.4 is 15.5 Å². The number of anilines is 3. The van der Waals surface area contributed by atoms with Crippen LogP contribution in [0.5, 0.6) is 0 Å². The van der Waals surface area contributed by atoms with Gasteiger partial charge in [0.15, 0.2) is 0 Å². The van der Waals surface area contributed by atoms with Crippen molar-refractivity contribution in [3.8, 4) is 0 Å². The van der Waals surface area contributed by atoms with Crippen LogP contribution in [-0.2, 0) is 0 Å². The van der Waals surface area contributed by atoms with Crippen molar-refractivity contribution in [3.63, 3.8) is 0 Å². The second-order valence-corrected chi connectivity index (χ2v) is 5.92. The number of hydrogen-bond acceptors (Lipinski definition) is 3. The summed E-state index contributed by atoms with van der Waals surface area (Å²) < 4.78 is 0. The van der Waals surface area contributed by atoms with E-state index in [4.69, 9.17) is 28.9 Å². The molecule has 0 unspecified atom stereocenters. The van der Waals surface area contributed by atoms with Gasteiger partial charge in [-0.25, -0.2) is 0 Å². The minimum absolute atomic E-state index is 0.709. The summed E-state index contributed by atoms with van der Waals surface area (Å²) in [5.74, 6) is 0. The summed E-state index contributed by atoms with van der Waals surface area (Å²) in [5, 5.41) is 1.50. The standard InChI is InChI=1S/C16H17Cl2N3/c17-12-4-1-2-7-15(12)20-8-10-21(11-9-20)16-13(18)5-3-6-14(16)19/h1-7H,8-11,19H2. The maximum atomic E-state index is 6.29. The van der Waals surface area contributed by atoms with Crippen LogP contribution in [-0.4, -0.2) is 26.2 Å². The van der Waals surface area contributed by atoms with Crippen LogP contribution in [0, 0.1) is 0 Å². The Hall–Kier alpha value is -1.58. The van der Waals surface area contributed by atoms with Crippen LogP contribution in [0.1, 0.15) is 0 Å². The zero-order chi connectivity index (χ0) is 14.8. The van der Waals surface area contributed by atoms with Crippen molar-refractivity contribution in [2.75, 3.05) is 41.7 Å². The molecule has 0 spiro atoms. The largest absolute Gasteiger partial charge is 0.397 e. The van der Waals surface area contributed by atoms with Gasteiger partial charge < -0.3 is 15.5 Å². The lowest BCUT2D eigenvalue weighted by atomic mass is 10.2. The Morgan fingerprint density at radius 3 is 2.05 bits per heavy atom. The van der Waals surface area contributed by atoms with Gasteiger partial charge >= 0.3 is 0 Å². The summed E-state index contributed by atoms with van der Waals surface area (Å²) in [6.45, 7) is 3.54. The summed E-state index contributed by atoms with van der Waals surface area (Å²) >= 11 is 12.6. The zero-order valence-corrected chi connectivity index (χ0v) is 13.1. The summed E-state index contributed by atoms with van der Waals surface area (Å²) in [5.41, 5.74) is 8.82. The number of benzene rings is 2. The van der Waals surface area contributed by atoms with Crippen LogP contribution in [0.25, 0.3) is 0 Å². The molecule has 0 saturated carbocycles. The third-order valence-corrected chi connectivity index (χ3v) is 4.43. The lowest BCUT2D eigenvalue weighted by Gasteiger charge is -2.38. The topological polar surface area (TPSA) is 32.5 Å². The third-order valence-electron chi connectivity index (χ3n) is 3.81. The van der Waals surface area contributed by atoms with Crippen molar-refractivity contribution < 1.29 is 0 Å². The van der Waals surface area contributed by atoms with E-state index in [2.05, 4.69) is 15.9 Å². The molecule has 0 atom stereocenters. The summed E-state index contributed by atoms with van der Waals surface area (Å²) in [6, 6.07) is 13.6. The van der Waals surface area contributed by atoms with Crippen molar-refractivity contribution in [1.29, 1.82) is 0 Å². The Bertz CT molecular complexity index is 617. The number of nitrogen functional groups attached to an aromatic ring is 1. The smallest absolute Gasteiger partial charge is 0.0790 e. The van der Waals surface area contributed by atoms with Gasteiger partial charge in [0, 0.05) is 26.2 Å². The van der Waals surface area contributed by atoms with Gasteiger partial charge in [-0.3, -0.25) is 0 Å². The van der Waals surface area contributed by atoms with Crippen molar-refractivity contribution in [3.05, 3.63) is 52.5 Å². The number of rotatable bonds is 2. The van der Waals surface area contributed by atoms with Crippen LogP contribution in [0.3, 0.4) is 0 Å². The molecule has 21 heavy (non-hydrogen) atoms. The number of hydrogen-bond donors (Lipinski definition) is 1. The molecule has 0 aromatic heterocycles. The highest BCUT2D eigenvalue weighted by Crippen LogP contribution is 2.33. The van der Waals surface area contributed by atoms with Crippen LogP contribution >= 0.6 is 23.2 Å². The Morgan fingerprint density at radius 1 is 0.762 bits per heavy atom. The average Bonchev–Trinajstić information content (AvgIpc) is 2.48. The number of nitrogens with zero attached hydrogens (tertiary/aromatic N) is 2. The molecule has 110 valence electrons. The van der Waals surface area contributed by atoms with E-state index in [9.17, 15) is 0 Å². The lowest BCUT2D eigenvalue weighted by Crippen LogP contribution is -2.47. The summed E-state index contributed by atoms with van der Waals surface area (Å²) in [4.78, 5) is 4.54. The molecule has 0 aliphatic carbocycles. The highest BCUT2D eigenvalue weighted by atomic mass is 35.5. The van der Waals surface area contributed by atoms with Gasteiger partial charge in [0.05, 0.1) is 27.1 Å². The number of nitrogens with two attached hydrogens (primary N) is 1. The van der Waals surface area contributed by atoms with Crippen molar-refractivity contribution in [2.24, 2.45) is 0 Å². The fourth-order valence-corrected chi connectivity index (χ4v) is 3.30. The van der Waals surface area contributed by atoms with Gasteiger partial charge in [0.2, 0.25) is 0 Å². The third kappa shape index (κ3) is 2.89. The maximum absolute atomic E-state index is 6.29. The second kappa shape index (κ2) is 6.04. The second-order valence-electron chi connectivity index (χ2n) is 5.10. The zero-order valence-electron chi connectivity index (χ0n) is 11.6. The summed E-state index contributed by atoms with van der Waals surface area (Å²) in [6.07, 6.45) is 0. The molecule has 2 aromatic carbocycles. The van der Waals surface area contributed by atoms with E-state index in [-0.39, 0.29) is 0 Å². The van der Waals surface area contributed by atoms with Gasteiger partial charge in [0.1, 0.15) is 0 Å². The number of piperazine rings is 1. The van der Waals surface area contributed by atoms with Gasteiger partial charge in [-0.15, -0.1) is 0 Å². The van der Waals surface area contributed by atoms with Gasteiger partial charge in [-0.05, 0) is 24.3 Å². The Morgan fingerprint density at radius 2 is 1.38 bits per heavy atom. The Balaban J connectivity index is 1.75. The van der Waals surface area contributed by atoms with Gasteiger partial charge in [-0.1, -0.05) is 41.4 Å². The fraction of sp³-hybridized carbons (Fsp3) is 0.250. The quantitative estimate of drug-likeness (QED) is 0.851. The van der Waals surface area contributed by atoms with Crippen molar-refractivity contribution in [1.82, 2.24) is 0 Å². The van der Waals surface area contributed by atoms with E-state index < -0.39 is 0 Å². The molecular weight excluding hydrogens is 305 g/mol. The molecule has 0 radical (unpaired) electrons. The van der Waals surface area contributed by atoms with Crippen LogP contribution in [0.4, 0.5) is 17.1 Å². The molecule has 5 heteroatoms. The molecule has 0 bridgehead atoms. The first-order valence-electron chi connectivity index (χ1n) is 6.95. The van der Waals surface area contributed by atoms with Gasteiger partial charge in [0.25, 0.3) is 0 Å². The monoisotopic (exact) mass is 321 g/mol. The molecule has 1 saturated heterocycles. The lowest BCUT2D eigenvalue weighted by molar-refractivity contribution is 0.654. The number of halogens is 2. The first-order valence-corrected chi connectivity index (χ1v) is 7.71. The normalized spacial score (nSPS) is 15.3. The number of para-hydroxylation sites is 2. The first-order chi connectivity index (χ1) is 10.2. The van der Waals surface area contributed by atoms with E-state index >= 15 is 0 Å². The molecule has 1 heterocycles. The molecule has 1 aliphatic rings. The molecule has 0 amide bonds. The molecule has 3 nitrogen and oxygen atoms in total. The van der Waals surface area contributed by atoms with Crippen LogP contribution in [0.15, 0.2) is 42.5 Å².